The summed E-state index contributed by atoms with van der Waals surface area (Å²) in [6, 6.07) is 17.6. The normalized spacial score (nSPS) is 13.5. The van der Waals surface area contributed by atoms with Gasteiger partial charge in [0.25, 0.3) is 5.91 Å². The fourth-order valence-corrected chi connectivity index (χ4v) is 6.46. The number of nitrogens with one attached hydrogen (secondary N) is 2. The van der Waals surface area contributed by atoms with Gasteiger partial charge in [-0.3, -0.25) is 20.4 Å². The Labute approximate surface area is 382 Å². The van der Waals surface area contributed by atoms with E-state index in [0.717, 1.165) is 37.8 Å². The lowest BCUT2D eigenvalue weighted by molar-refractivity contribution is -0.128. The highest BCUT2D eigenvalue weighted by Gasteiger charge is 2.27. The number of carbonyl (C=O) groups excluding carboxylic acids is 2. The summed E-state index contributed by atoms with van der Waals surface area (Å²) in [6.07, 6.45) is 1.35. The number of amides is 2. The minimum atomic E-state index is -1.01. The third-order valence-corrected chi connectivity index (χ3v) is 10.6. The number of aliphatic hydroxyl groups is 2. The van der Waals surface area contributed by atoms with Crippen molar-refractivity contribution in [1.29, 1.82) is 0 Å². The Morgan fingerprint density at radius 3 is 1.86 bits per heavy atom. The van der Waals surface area contributed by atoms with Crippen LogP contribution in [0.4, 0.5) is 20.2 Å². The van der Waals surface area contributed by atoms with Crippen LogP contribution in [0.5, 0.6) is 0 Å². The zero-order valence-electron chi connectivity index (χ0n) is 35.2. The molecule has 1 aliphatic heterocycles. The number of halogens is 4. The second-order valence-corrected chi connectivity index (χ2v) is 16.3. The van der Waals surface area contributed by atoms with Crippen molar-refractivity contribution in [3.05, 3.63) is 151 Å². The van der Waals surface area contributed by atoms with Crippen LogP contribution in [0.25, 0.3) is 21.1 Å². The Bertz CT molecular complexity index is 2410. The van der Waals surface area contributed by atoms with Gasteiger partial charge in [-0.1, -0.05) is 71.4 Å². The molecule has 1 fully saturated rings. The minimum Gasteiger partial charge on any atom is -0.420 e. The van der Waals surface area contributed by atoms with E-state index in [1.165, 1.54) is 50.1 Å². The van der Waals surface area contributed by atoms with E-state index < -0.39 is 47.5 Å². The van der Waals surface area contributed by atoms with E-state index >= 15 is 0 Å². The summed E-state index contributed by atoms with van der Waals surface area (Å²) in [6.45, 7) is 24.8. The Morgan fingerprint density at radius 1 is 0.841 bits per heavy atom. The summed E-state index contributed by atoms with van der Waals surface area (Å²) in [7, 11) is 1.00. The van der Waals surface area contributed by atoms with Crippen LogP contribution in [0.3, 0.4) is 0 Å². The van der Waals surface area contributed by atoms with Gasteiger partial charge in [0.05, 0.1) is 47.2 Å². The monoisotopic (exact) mass is 938 g/mol. The first-order valence-corrected chi connectivity index (χ1v) is 22.6. The van der Waals surface area contributed by atoms with E-state index in [9.17, 15) is 28.6 Å². The molecule has 0 radical (unpaired) electrons. The number of rotatable bonds is 10. The zero-order valence-corrected chi connectivity index (χ0v) is 38.4. The third kappa shape index (κ3) is 15.8. The molecule has 5 aromatic rings. The van der Waals surface area contributed by atoms with Gasteiger partial charge in [-0.05, 0) is 126 Å². The number of nitrogens with zero attached hydrogens (tertiary/aromatic N) is 4. The Balaban J connectivity index is 0.000000285. The first-order chi connectivity index (χ1) is 30.1. The van der Waals surface area contributed by atoms with Gasteiger partial charge < -0.3 is 19.4 Å². The van der Waals surface area contributed by atoms with Gasteiger partial charge in [0.15, 0.2) is 0 Å². The number of hydrazine groups is 1. The average Bonchev–Trinajstić information content (AvgIpc) is 4.01. The molecule has 2 heterocycles. The van der Waals surface area contributed by atoms with Crippen molar-refractivity contribution in [3.63, 3.8) is 0 Å². The summed E-state index contributed by atoms with van der Waals surface area (Å²) >= 11 is 16.8. The number of aromatic nitrogens is 2. The number of hydrogen-bond donors (Lipinski definition) is 4. The highest BCUT2D eigenvalue weighted by atomic mass is 35.5. The molecule has 0 aliphatic carbocycles. The average molecular weight is 940 g/mol. The van der Waals surface area contributed by atoms with E-state index in [-0.39, 0.29) is 23.8 Å². The second kappa shape index (κ2) is 26.4. The molecule has 12 nitrogen and oxygen atoms in total. The molecule has 0 saturated carbocycles. The Hall–Kier alpha value is -5.22. The van der Waals surface area contributed by atoms with E-state index in [1.54, 1.807) is 44.2 Å². The first-order valence-electron chi connectivity index (χ1n) is 19.5. The van der Waals surface area contributed by atoms with E-state index in [1.807, 2.05) is 19.7 Å². The van der Waals surface area contributed by atoms with E-state index in [2.05, 4.69) is 42.5 Å². The smallest absolute Gasteiger partial charge is 0.269 e. The van der Waals surface area contributed by atoms with Crippen LogP contribution in [0.1, 0.15) is 71.1 Å². The maximum atomic E-state index is 13.4. The van der Waals surface area contributed by atoms with Crippen LogP contribution in [0, 0.1) is 44.5 Å². The lowest BCUT2D eigenvalue weighted by Gasteiger charge is -2.21. The Kier molecular flexibility index (Phi) is 21.9. The first kappa shape index (κ1) is 52.1. The fraction of sp³-hybridized carbons (Fsp3) is 0.333. The number of carbonyl (C=O) groups is 2. The second-order valence-electron chi connectivity index (χ2n) is 14.1. The van der Waals surface area contributed by atoms with Gasteiger partial charge in [-0.25, -0.2) is 18.5 Å². The largest absolute Gasteiger partial charge is 0.420 e. The fourth-order valence-electron chi connectivity index (χ4n) is 6.00. The van der Waals surface area contributed by atoms with Crippen molar-refractivity contribution in [2.45, 2.75) is 71.5 Å². The van der Waals surface area contributed by atoms with Gasteiger partial charge in [0, 0.05) is 24.3 Å². The van der Waals surface area contributed by atoms with Gasteiger partial charge in [-0.2, -0.15) is 0 Å². The molecule has 0 unspecified atom stereocenters. The summed E-state index contributed by atoms with van der Waals surface area (Å²) in [5, 5.41) is 29.0. The Morgan fingerprint density at radius 2 is 1.38 bits per heavy atom. The molecule has 2 amide bonds. The lowest BCUT2D eigenvalue weighted by atomic mass is 9.91. The molecule has 6 rings (SSSR count). The maximum absolute atomic E-state index is 13.4. The standard InChI is InChI=1S/C20H19ClFN3O3.C20H17ClFN3O2.C4H8O.CH3PS/c1-11-13(7-8-17(23-3)18(11)21)10-16(12(2)26)20(28)25-24-19(27)14-5-4-6-15(22)9-14;1-11-13(7-8-17(23-3)18(11)21)10-16(12(2)26)20-25-24-19(27-20)14-5-4-6-15(22)9-14;1-2-4-5-3-1;1-2-3/h4-9,12,16,26H,10H2,1-2H3,(H,24,27)(H,25,28);4-9,12,16,26H,10H2,1-2H3;1-4H2;1H3/t2*12-,16+;;/m00../s1. The number of benzene rings is 4. The number of aliphatic hydroxyl groups excluding tert-OH is 2. The minimum absolute atomic E-state index is 0.0475. The molecule has 63 heavy (non-hydrogen) atoms. The summed E-state index contributed by atoms with van der Waals surface area (Å²) in [5.41, 5.74) is 8.69. The van der Waals surface area contributed by atoms with Crippen LogP contribution < -0.4 is 10.9 Å². The molecule has 1 saturated heterocycles. The summed E-state index contributed by atoms with van der Waals surface area (Å²) in [4.78, 5) is 31.2. The van der Waals surface area contributed by atoms with Crippen molar-refractivity contribution in [1.82, 2.24) is 21.0 Å². The highest BCUT2D eigenvalue weighted by molar-refractivity contribution is 7.96. The third-order valence-electron chi connectivity index (χ3n) is 9.62. The van der Waals surface area contributed by atoms with Crippen molar-refractivity contribution < 1.29 is 37.7 Å². The molecule has 4 N–H and O–H groups in total. The van der Waals surface area contributed by atoms with Crippen molar-refractivity contribution in [2.75, 3.05) is 19.9 Å². The molecular formula is C45H47Cl2F2N6O6PS. The molecule has 18 heteroatoms. The van der Waals surface area contributed by atoms with Crippen LogP contribution in [0.15, 0.2) is 77.2 Å². The van der Waals surface area contributed by atoms with Crippen LogP contribution in [-0.2, 0) is 34.2 Å². The van der Waals surface area contributed by atoms with Crippen molar-refractivity contribution in [2.24, 2.45) is 5.92 Å². The lowest BCUT2D eigenvalue weighted by Crippen LogP contribution is -2.47. The zero-order chi connectivity index (χ0) is 46.6. The molecule has 0 bridgehead atoms. The molecule has 1 aromatic heterocycles. The van der Waals surface area contributed by atoms with Gasteiger partial charge >= 0.3 is 0 Å². The molecule has 4 atom stereocenters. The topological polar surface area (TPSA) is 156 Å². The van der Waals surface area contributed by atoms with Crippen LogP contribution in [-0.4, -0.2) is 64.3 Å². The van der Waals surface area contributed by atoms with E-state index in [0.29, 0.717) is 44.5 Å². The quantitative estimate of drug-likeness (QED) is 0.0608. The van der Waals surface area contributed by atoms with Gasteiger partial charge in [0.1, 0.15) is 11.6 Å². The SMILES string of the molecule is C1CCOC1.CP=S.[C-]#[N+]c1ccc(C[C@@H](C(=O)NNC(=O)c2cccc(F)c2)[C@H](C)O)c(C)c1Cl.[C-]#[N+]c1ccc(C[C@@H](c2nnc(-c3cccc(F)c3)o2)[C@H](C)O)c(C)c1Cl. The van der Waals surface area contributed by atoms with Crippen LogP contribution >= 0.6 is 30.6 Å². The number of hydrogen-bond acceptors (Lipinski definition) is 9. The van der Waals surface area contributed by atoms with Crippen LogP contribution in [0.2, 0.25) is 10.0 Å². The molecule has 1 aliphatic rings. The number of ether oxygens (including phenoxy) is 1. The van der Waals surface area contributed by atoms with Crippen molar-refractivity contribution in [3.8, 4) is 11.5 Å². The predicted octanol–water partition coefficient (Wildman–Crippen LogP) is 10.3. The van der Waals surface area contributed by atoms with Crippen molar-refractivity contribution >= 4 is 65.6 Å². The molecular weight excluding hydrogens is 892 g/mol. The molecule has 0 spiro atoms. The summed E-state index contributed by atoms with van der Waals surface area (Å²) < 4.78 is 37.3. The molecule has 4 aromatic carbocycles. The highest BCUT2D eigenvalue weighted by Crippen LogP contribution is 2.35. The maximum Gasteiger partial charge on any atom is 0.269 e. The van der Waals surface area contributed by atoms with E-state index in [4.69, 9.17) is 45.5 Å². The molecule has 332 valence electrons. The van der Waals surface area contributed by atoms with Gasteiger partial charge in [0.2, 0.25) is 29.1 Å². The van der Waals surface area contributed by atoms with Gasteiger partial charge in [-0.15, -0.1) is 10.2 Å². The predicted molar refractivity (Wildman–Crippen MR) is 244 cm³/mol. The summed E-state index contributed by atoms with van der Waals surface area (Å²) in [5.74, 6) is -3.15.